The third-order valence-corrected chi connectivity index (χ3v) is 4.74. The van der Waals surface area contributed by atoms with E-state index in [1.165, 1.54) is 43.1 Å². The molecule has 0 fully saturated rings. The number of rotatable bonds is 1. The summed E-state index contributed by atoms with van der Waals surface area (Å²) in [6, 6.07) is 23.6. The number of hydrogen-bond acceptors (Lipinski definition) is 1. The molecule has 0 atom stereocenters. The Kier molecular flexibility index (Phi) is 2.28. The van der Waals surface area contributed by atoms with Crippen molar-refractivity contribution in [3.8, 4) is 0 Å². The van der Waals surface area contributed by atoms with E-state index in [2.05, 4.69) is 66.7 Å². The van der Waals surface area contributed by atoms with Gasteiger partial charge in [0, 0.05) is 0 Å². The van der Waals surface area contributed by atoms with Gasteiger partial charge in [-0.1, -0.05) is 54.6 Å². The summed E-state index contributed by atoms with van der Waals surface area (Å²) in [5.41, 5.74) is 1.00. The van der Waals surface area contributed by atoms with E-state index in [-0.39, 0.29) is 6.61 Å². The van der Waals surface area contributed by atoms with E-state index in [0.717, 1.165) is 5.56 Å². The van der Waals surface area contributed by atoms with Crippen molar-refractivity contribution < 1.29 is 5.11 Å². The molecule has 0 heterocycles. The molecule has 5 aromatic rings. The monoisotopic (exact) mass is 282 g/mol. The number of aliphatic hydroxyl groups excluding tert-OH is 1. The van der Waals surface area contributed by atoms with E-state index in [9.17, 15) is 5.11 Å². The van der Waals surface area contributed by atoms with Crippen LogP contribution >= 0.6 is 0 Å². The van der Waals surface area contributed by atoms with E-state index in [0.29, 0.717) is 0 Å². The predicted octanol–water partition coefficient (Wildman–Crippen LogP) is 5.23. The smallest absolute Gasteiger partial charge is 0.0688 e. The van der Waals surface area contributed by atoms with E-state index >= 15 is 0 Å². The van der Waals surface area contributed by atoms with Gasteiger partial charge in [0.05, 0.1) is 6.61 Å². The fraction of sp³-hybridized carbons (Fsp3) is 0.0476. The second kappa shape index (κ2) is 4.19. The number of fused-ring (bicyclic) bond motifs is 2. The summed E-state index contributed by atoms with van der Waals surface area (Å²) in [6.07, 6.45) is 0. The first-order valence-corrected chi connectivity index (χ1v) is 7.56. The highest BCUT2D eigenvalue weighted by Gasteiger charge is 2.13. The lowest BCUT2D eigenvalue weighted by Gasteiger charge is -2.15. The Morgan fingerprint density at radius 3 is 2.32 bits per heavy atom. The lowest BCUT2D eigenvalue weighted by atomic mass is 9.89. The molecule has 1 nitrogen and oxygen atoms in total. The van der Waals surface area contributed by atoms with Gasteiger partial charge in [0.2, 0.25) is 0 Å². The molecule has 0 aliphatic carbocycles. The van der Waals surface area contributed by atoms with Crippen LogP contribution in [-0.4, -0.2) is 5.11 Å². The van der Waals surface area contributed by atoms with Crippen LogP contribution in [0.3, 0.4) is 0 Å². The molecule has 5 aromatic carbocycles. The van der Waals surface area contributed by atoms with Crippen molar-refractivity contribution in [1.82, 2.24) is 0 Å². The zero-order valence-corrected chi connectivity index (χ0v) is 12.0. The molecule has 0 saturated carbocycles. The third-order valence-electron chi connectivity index (χ3n) is 4.74. The molecule has 0 aliphatic heterocycles. The average Bonchev–Trinajstić information content (AvgIpc) is 2.58. The number of benzene rings is 5. The highest BCUT2D eigenvalue weighted by molar-refractivity contribution is 6.29. The summed E-state index contributed by atoms with van der Waals surface area (Å²) in [5.74, 6) is 0. The molecule has 0 saturated heterocycles. The first-order chi connectivity index (χ1) is 10.9. The highest BCUT2D eigenvalue weighted by atomic mass is 16.3. The predicted molar refractivity (Wildman–Crippen MR) is 93.6 cm³/mol. The lowest BCUT2D eigenvalue weighted by Crippen LogP contribution is -1.91. The van der Waals surface area contributed by atoms with Crippen LogP contribution in [0.15, 0.2) is 66.7 Å². The van der Waals surface area contributed by atoms with Crippen molar-refractivity contribution >= 4 is 43.1 Å². The largest absolute Gasteiger partial charge is 0.392 e. The number of aliphatic hydroxyl groups is 1. The van der Waals surface area contributed by atoms with Crippen molar-refractivity contribution in [2.24, 2.45) is 0 Å². The Labute approximate surface area is 127 Å². The van der Waals surface area contributed by atoms with Crippen LogP contribution in [-0.2, 0) is 6.61 Å². The van der Waals surface area contributed by atoms with Crippen LogP contribution in [0.2, 0.25) is 0 Å². The maximum atomic E-state index is 9.83. The Hall–Kier alpha value is -2.64. The molecule has 0 unspecified atom stereocenters. The SMILES string of the molecule is OCc1cc2cccc3ccc4c5ccccc5cc1c4c32. The van der Waals surface area contributed by atoms with Crippen LogP contribution in [0.5, 0.6) is 0 Å². The van der Waals surface area contributed by atoms with E-state index in [4.69, 9.17) is 0 Å². The molecule has 0 aliphatic rings. The molecule has 0 spiro atoms. The summed E-state index contributed by atoms with van der Waals surface area (Å²) in [7, 11) is 0. The quantitative estimate of drug-likeness (QED) is 0.330. The Balaban J connectivity index is 2.21. The summed E-state index contributed by atoms with van der Waals surface area (Å²) < 4.78 is 0. The molecule has 1 heteroatoms. The fourth-order valence-corrected chi connectivity index (χ4v) is 3.78. The second-order valence-electron chi connectivity index (χ2n) is 5.91. The van der Waals surface area contributed by atoms with Gasteiger partial charge < -0.3 is 5.11 Å². The molecule has 22 heavy (non-hydrogen) atoms. The first-order valence-electron chi connectivity index (χ1n) is 7.56. The van der Waals surface area contributed by atoms with Crippen molar-refractivity contribution in [2.45, 2.75) is 6.61 Å². The van der Waals surface area contributed by atoms with Crippen LogP contribution < -0.4 is 0 Å². The molecule has 0 aromatic heterocycles. The summed E-state index contributed by atoms with van der Waals surface area (Å²) in [5, 5.41) is 19.8. The maximum absolute atomic E-state index is 9.83. The van der Waals surface area contributed by atoms with Crippen LogP contribution in [0, 0.1) is 0 Å². The Morgan fingerprint density at radius 1 is 0.591 bits per heavy atom. The normalized spacial score (nSPS) is 12.0. The lowest BCUT2D eigenvalue weighted by molar-refractivity contribution is 0.283. The van der Waals surface area contributed by atoms with Gasteiger partial charge in [-0.15, -0.1) is 0 Å². The van der Waals surface area contributed by atoms with Crippen LogP contribution in [0.25, 0.3) is 43.1 Å². The van der Waals surface area contributed by atoms with Crippen LogP contribution in [0.4, 0.5) is 0 Å². The minimum Gasteiger partial charge on any atom is -0.392 e. The van der Waals surface area contributed by atoms with Gasteiger partial charge >= 0.3 is 0 Å². The van der Waals surface area contributed by atoms with Crippen LogP contribution in [0.1, 0.15) is 5.56 Å². The fourth-order valence-electron chi connectivity index (χ4n) is 3.78. The van der Waals surface area contributed by atoms with Crippen molar-refractivity contribution in [2.75, 3.05) is 0 Å². The van der Waals surface area contributed by atoms with Gasteiger partial charge in [-0.3, -0.25) is 0 Å². The summed E-state index contributed by atoms with van der Waals surface area (Å²) in [6.45, 7) is 0.0676. The minimum absolute atomic E-state index is 0.0676. The van der Waals surface area contributed by atoms with E-state index in [1.54, 1.807) is 0 Å². The average molecular weight is 282 g/mol. The topological polar surface area (TPSA) is 20.2 Å². The van der Waals surface area contributed by atoms with Gasteiger partial charge in [0.25, 0.3) is 0 Å². The highest BCUT2D eigenvalue weighted by Crippen LogP contribution is 2.39. The van der Waals surface area contributed by atoms with Gasteiger partial charge in [-0.25, -0.2) is 0 Å². The van der Waals surface area contributed by atoms with Crippen molar-refractivity contribution in [3.63, 3.8) is 0 Å². The molecule has 0 bridgehead atoms. The molecule has 0 amide bonds. The molecular weight excluding hydrogens is 268 g/mol. The molecular formula is C21H14O. The maximum Gasteiger partial charge on any atom is 0.0688 e. The molecule has 5 rings (SSSR count). The third kappa shape index (κ3) is 1.41. The second-order valence-corrected chi connectivity index (χ2v) is 5.91. The summed E-state index contributed by atoms with van der Waals surface area (Å²) in [4.78, 5) is 0. The van der Waals surface area contributed by atoms with Gasteiger partial charge in [0.15, 0.2) is 0 Å². The standard InChI is InChI=1S/C21H14O/c22-12-16-10-15-6-3-5-13-8-9-18-17-7-2-1-4-14(17)11-19(16)21(18)20(13)15/h1-11,22H,12H2. The first kappa shape index (κ1) is 12.0. The minimum atomic E-state index is 0.0676. The Morgan fingerprint density at radius 2 is 1.41 bits per heavy atom. The van der Waals surface area contributed by atoms with Gasteiger partial charge in [0.1, 0.15) is 0 Å². The number of hydrogen-bond donors (Lipinski definition) is 1. The van der Waals surface area contributed by atoms with Crippen molar-refractivity contribution in [1.29, 1.82) is 0 Å². The summed E-state index contributed by atoms with van der Waals surface area (Å²) >= 11 is 0. The molecule has 104 valence electrons. The zero-order chi connectivity index (χ0) is 14.7. The van der Waals surface area contributed by atoms with Gasteiger partial charge in [-0.05, 0) is 60.8 Å². The zero-order valence-electron chi connectivity index (χ0n) is 12.0. The molecule has 0 radical (unpaired) electrons. The van der Waals surface area contributed by atoms with Crippen molar-refractivity contribution in [3.05, 3.63) is 72.3 Å². The van der Waals surface area contributed by atoms with E-state index < -0.39 is 0 Å². The Bertz CT molecular complexity index is 1150. The van der Waals surface area contributed by atoms with E-state index in [1.807, 2.05) is 0 Å². The molecule has 1 N–H and O–H groups in total. The van der Waals surface area contributed by atoms with Gasteiger partial charge in [-0.2, -0.15) is 0 Å².